The van der Waals surface area contributed by atoms with Gasteiger partial charge >= 0.3 is 0 Å². The Balaban J connectivity index is 1.91. The fraction of sp³-hybridized carbons (Fsp3) is 0.409. The summed E-state index contributed by atoms with van der Waals surface area (Å²) in [7, 11) is -2.52. The highest BCUT2D eigenvalue weighted by atomic mass is 79.9. The van der Waals surface area contributed by atoms with E-state index in [-0.39, 0.29) is 11.6 Å². The van der Waals surface area contributed by atoms with Gasteiger partial charge in [-0.1, -0.05) is 18.2 Å². The van der Waals surface area contributed by atoms with Crippen LogP contribution in [0.25, 0.3) is 0 Å². The average molecular weight is 490 g/mol. The third-order valence-electron chi connectivity index (χ3n) is 5.03. The molecule has 30 heavy (non-hydrogen) atoms. The van der Waals surface area contributed by atoms with Gasteiger partial charge in [-0.2, -0.15) is 4.98 Å². The fourth-order valence-electron chi connectivity index (χ4n) is 3.34. The van der Waals surface area contributed by atoms with Gasteiger partial charge in [-0.05, 0) is 67.1 Å². The summed E-state index contributed by atoms with van der Waals surface area (Å²) in [5, 5.41) is 6.55. The minimum absolute atomic E-state index is 0.124. The summed E-state index contributed by atoms with van der Waals surface area (Å²) in [4.78, 5) is 13.6. The third kappa shape index (κ3) is 5.79. The van der Waals surface area contributed by atoms with Gasteiger partial charge < -0.3 is 15.2 Å². The highest BCUT2D eigenvalue weighted by Crippen LogP contribution is 2.53. The first kappa shape index (κ1) is 22.7. The van der Waals surface area contributed by atoms with E-state index < -0.39 is 7.14 Å². The van der Waals surface area contributed by atoms with Crippen molar-refractivity contribution in [1.29, 1.82) is 0 Å². The van der Waals surface area contributed by atoms with Crippen molar-refractivity contribution in [2.45, 2.75) is 25.4 Å². The zero-order valence-corrected chi connectivity index (χ0v) is 20.2. The molecule has 2 atom stereocenters. The van der Waals surface area contributed by atoms with Gasteiger partial charge in [-0.15, -0.1) is 6.58 Å². The second kappa shape index (κ2) is 9.88. The number of nitrogens with zero attached hydrogens (tertiary/aromatic N) is 3. The Hall–Kier alpha value is -1.98. The zero-order chi connectivity index (χ0) is 21.7. The van der Waals surface area contributed by atoms with Gasteiger partial charge in [0.15, 0.2) is 0 Å². The van der Waals surface area contributed by atoms with Crippen LogP contribution in [0.3, 0.4) is 0 Å². The first-order chi connectivity index (χ1) is 14.3. The van der Waals surface area contributed by atoms with Gasteiger partial charge in [0.05, 0.1) is 17.3 Å². The van der Waals surface area contributed by atoms with Crippen LogP contribution in [-0.4, -0.2) is 41.7 Å². The quantitative estimate of drug-likeness (QED) is 0.264. The molecule has 1 fully saturated rings. The van der Waals surface area contributed by atoms with Gasteiger partial charge in [0.25, 0.3) is 0 Å². The highest BCUT2D eigenvalue weighted by molar-refractivity contribution is 9.10. The van der Waals surface area contributed by atoms with Crippen LogP contribution >= 0.6 is 23.1 Å². The van der Waals surface area contributed by atoms with E-state index in [4.69, 9.17) is 4.99 Å². The largest absolute Gasteiger partial charge is 0.351 e. The third-order valence-corrected chi connectivity index (χ3v) is 7.55. The van der Waals surface area contributed by atoms with Crippen molar-refractivity contribution in [3.05, 3.63) is 59.0 Å². The highest BCUT2D eigenvalue weighted by Gasteiger charge is 2.37. The molecular formula is C22H29BrN5OP. The lowest BCUT2D eigenvalue weighted by Crippen LogP contribution is -2.29. The van der Waals surface area contributed by atoms with Gasteiger partial charge in [-0.25, -0.2) is 4.98 Å². The Bertz CT molecular complexity index is 958. The molecule has 2 unspecified atom stereocenters. The molecule has 6 nitrogen and oxygen atoms in total. The van der Waals surface area contributed by atoms with Crippen LogP contribution in [0.2, 0.25) is 0 Å². The Morgan fingerprint density at radius 2 is 2.13 bits per heavy atom. The van der Waals surface area contributed by atoms with Crippen molar-refractivity contribution in [3.8, 4) is 0 Å². The van der Waals surface area contributed by atoms with Crippen LogP contribution in [-0.2, 0) is 4.57 Å². The SMILES string of the molecule is C=CC1C(/N=C/C2CC2)=CC=C(Nc2nc(NC/C=C/C)ncc2Br)C1P(C)(C)=O. The van der Waals surface area contributed by atoms with Crippen LogP contribution in [0.1, 0.15) is 19.8 Å². The van der Waals surface area contributed by atoms with E-state index in [9.17, 15) is 4.57 Å². The Kier molecular flexibility index (Phi) is 7.48. The smallest absolute Gasteiger partial charge is 0.224 e. The summed E-state index contributed by atoms with van der Waals surface area (Å²) in [5.74, 6) is 1.60. The van der Waals surface area contributed by atoms with E-state index in [0.717, 1.165) is 15.9 Å². The number of nitrogens with one attached hydrogen (secondary N) is 2. The van der Waals surface area contributed by atoms with Crippen LogP contribution < -0.4 is 10.6 Å². The molecule has 2 N–H and O–H groups in total. The summed E-state index contributed by atoms with van der Waals surface area (Å²) >= 11 is 3.52. The summed E-state index contributed by atoms with van der Waals surface area (Å²) in [5.41, 5.74) is 1.51. The lowest BCUT2D eigenvalue weighted by atomic mass is 9.94. The van der Waals surface area contributed by atoms with Crippen LogP contribution in [0, 0.1) is 11.8 Å². The zero-order valence-electron chi connectivity index (χ0n) is 17.7. The lowest BCUT2D eigenvalue weighted by molar-refractivity contribution is 0.565. The second-order valence-corrected chi connectivity index (χ2v) is 12.2. The molecule has 8 heteroatoms. The van der Waals surface area contributed by atoms with E-state index in [1.807, 2.05) is 56.8 Å². The summed E-state index contributed by atoms with van der Waals surface area (Å²) in [6.45, 7) is 10.3. The van der Waals surface area contributed by atoms with Crippen molar-refractivity contribution in [1.82, 2.24) is 9.97 Å². The second-order valence-electron chi connectivity index (χ2n) is 7.93. The number of hydrogen-bond acceptors (Lipinski definition) is 6. The van der Waals surface area contributed by atoms with Crippen molar-refractivity contribution in [3.63, 3.8) is 0 Å². The number of hydrogen-bond donors (Lipinski definition) is 2. The van der Waals surface area contributed by atoms with E-state index in [1.54, 1.807) is 6.20 Å². The maximum atomic E-state index is 13.3. The predicted octanol–water partition coefficient (Wildman–Crippen LogP) is 5.69. The molecule has 1 saturated carbocycles. The first-order valence-electron chi connectivity index (χ1n) is 10.1. The standard InChI is InChI=1S/C22H29BrN5OP/c1-5-7-12-24-22-26-14-17(23)21(28-22)27-19-11-10-18(25-13-15-8-9-15)16(6-2)20(19)30(3,4)29/h5-7,10-11,13-16,20H,2,8-9,12H2,1,3-4H3,(H2,24,26,27,28)/b7-5+,25-13+. The van der Waals surface area contributed by atoms with Crippen LogP contribution in [0.4, 0.5) is 11.8 Å². The van der Waals surface area contributed by atoms with Crippen molar-refractivity contribution in [2.24, 2.45) is 16.8 Å². The molecule has 0 spiro atoms. The number of halogens is 1. The molecule has 0 aromatic carbocycles. The van der Waals surface area contributed by atoms with Gasteiger partial charge in [0, 0.05) is 36.3 Å². The molecule has 1 aromatic heterocycles. The normalized spacial score (nSPS) is 22.1. The summed E-state index contributed by atoms with van der Waals surface area (Å²) in [6, 6.07) is 0. The number of aromatic nitrogens is 2. The van der Waals surface area contributed by atoms with Gasteiger partial charge in [-0.3, -0.25) is 4.99 Å². The van der Waals surface area contributed by atoms with E-state index >= 15 is 0 Å². The minimum Gasteiger partial charge on any atom is -0.351 e. The van der Waals surface area contributed by atoms with Crippen LogP contribution in [0.5, 0.6) is 0 Å². The Morgan fingerprint density at radius 3 is 2.77 bits per heavy atom. The molecule has 2 aliphatic carbocycles. The van der Waals surface area contributed by atoms with Crippen molar-refractivity contribution in [2.75, 3.05) is 30.5 Å². The molecule has 2 aliphatic rings. The maximum Gasteiger partial charge on any atom is 0.224 e. The Morgan fingerprint density at radius 1 is 1.37 bits per heavy atom. The molecule has 0 bridgehead atoms. The lowest BCUT2D eigenvalue weighted by Gasteiger charge is -2.33. The number of anilines is 2. The van der Waals surface area contributed by atoms with Gasteiger partial charge in [0.2, 0.25) is 5.95 Å². The van der Waals surface area contributed by atoms with Gasteiger partial charge in [0.1, 0.15) is 5.82 Å². The fourth-order valence-corrected chi connectivity index (χ4v) is 5.50. The summed E-state index contributed by atoms with van der Waals surface area (Å²) in [6.07, 6.45) is 15.9. The van der Waals surface area contributed by atoms with Crippen LogP contribution in [0.15, 0.2) is 64.0 Å². The van der Waals surface area contributed by atoms with Crippen molar-refractivity contribution >= 4 is 41.1 Å². The molecule has 0 aliphatic heterocycles. The molecule has 160 valence electrons. The molecular weight excluding hydrogens is 461 g/mol. The molecule has 0 saturated heterocycles. The summed E-state index contributed by atoms with van der Waals surface area (Å²) < 4.78 is 14.0. The number of aliphatic imine (C=N–C) groups is 1. The number of rotatable bonds is 9. The molecule has 0 radical (unpaired) electrons. The van der Waals surface area contributed by atoms with E-state index in [2.05, 4.69) is 43.1 Å². The monoisotopic (exact) mass is 489 g/mol. The minimum atomic E-state index is -2.52. The molecule has 1 aromatic rings. The topological polar surface area (TPSA) is 79.3 Å². The Labute approximate surface area is 187 Å². The van der Waals surface area contributed by atoms with E-state index in [1.165, 1.54) is 12.8 Å². The van der Waals surface area contributed by atoms with E-state index in [0.29, 0.717) is 24.2 Å². The molecule has 0 amide bonds. The molecule has 1 heterocycles. The predicted molar refractivity (Wildman–Crippen MR) is 131 cm³/mol. The number of allylic oxidation sites excluding steroid dienone is 5. The first-order valence-corrected chi connectivity index (χ1v) is 13.6. The van der Waals surface area contributed by atoms with Crippen molar-refractivity contribution < 1.29 is 4.57 Å². The average Bonchev–Trinajstić information content (AvgIpc) is 3.52. The maximum absolute atomic E-state index is 13.3. The molecule has 3 rings (SSSR count).